The first kappa shape index (κ1) is 12.2. The van der Waals surface area contributed by atoms with Crippen LogP contribution in [0.5, 0.6) is 5.75 Å². The maximum atomic E-state index is 10.9. The van der Waals surface area contributed by atoms with E-state index in [4.69, 9.17) is 9.84 Å². The number of ether oxygens (including phenoxy) is 1. The van der Waals surface area contributed by atoms with Crippen LogP contribution >= 0.6 is 0 Å². The van der Waals surface area contributed by atoms with Gasteiger partial charge in [-0.1, -0.05) is 0 Å². The summed E-state index contributed by atoms with van der Waals surface area (Å²) < 4.78 is 6.65. The lowest BCUT2D eigenvalue weighted by Gasteiger charge is -1.99. The second kappa shape index (κ2) is 4.65. The zero-order valence-corrected chi connectivity index (χ0v) is 10.6. The SMILES string of the molecule is COc1ccc(-c2cc3nc(C(=O)O)ccn3n2)cc1. The van der Waals surface area contributed by atoms with Gasteiger partial charge in [-0.25, -0.2) is 14.3 Å². The summed E-state index contributed by atoms with van der Waals surface area (Å²) in [5.74, 6) is -0.288. The Balaban J connectivity index is 2.05. The van der Waals surface area contributed by atoms with Crippen LogP contribution in [0, 0.1) is 0 Å². The number of methoxy groups -OCH3 is 1. The van der Waals surface area contributed by atoms with Crippen molar-refractivity contribution in [3.63, 3.8) is 0 Å². The van der Waals surface area contributed by atoms with Crippen LogP contribution in [0.25, 0.3) is 16.9 Å². The molecule has 0 aliphatic carbocycles. The molecule has 1 N–H and O–H groups in total. The van der Waals surface area contributed by atoms with E-state index in [1.54, 1.807) is 23.9 Å². The fraction of sp³-hybridized carbons (Fsp3) is 0.0714. The van der Waals surface area contributed by atoms with Crippen LogP contribution in [-0.2, 0) is 0 Å². The molecule has 0 radical (unpaired) electrons. The predicted molar refractivity (Wildman–Crippen MR) is 71.9 cm³/mol. The molecular weight excluding hydrogens is 258 g/mol. The molecule has 0 saturated heterocycles. The standard InChI is InChI=1S/C14H11N3O3/c1-20-10-4-2-9(3-5-10)12-8-13-15-11(14(18)19)6-7-17(13)16-12/h2-8H,1H3,(H,18,19). The molecule has 0 spiro atoms. The van der Waals surface area contributed by atoms with E-state index in [9.17, 15) is 4.79 Å². The highest BCUT2D eigenvalue weighted by atomic mass is 16.5. The summed E-state index contributed by atoms with van der Waals surface area (Å²) in [5.41, 5.74) is 2.13. The Kier molecular flexibility index (Phi) is 2.83. The zero-order chi connectivity index (χ0) is 14.1. The molecule has 3 aromatic rings. The van der Waals surface area contributed by atoms with Crippen LogP contribution in [0.3, 0.4) is 0 Å². The average molecular weight is 269 g/mol. The van der Waals surface area contributed by atoms with Gasteiger partial charge < -0.3 is 9.84 Å². The Hall–Kier alpha value is -2.89. The molecule has 0 saturated carbocycles. The molecule has 0 atom stereocenters. The van der Waals surface area contributed by atoms with Crippen molar-refractivity contribution in [2.45, 2.75) is 0 Å². The monoisotopic (exact) mass is 269 g/mol. The number of rotatable bonds is 3. The van der Waals surface area contributed by atoms with Crippen molar-refractivity contribution in [2.75, 3.05) is 7.11 Å². The van der Waals surface area contributed by atoms with E-state index in [-0.39, 0.29) is 5.69 Å². The molecule has 100 valence electrons. The van der Waals surface area contributed by atoms with Gasteiger partial charge in [0.25, 0.3) is 0 Å². The van der Waals surface area contributed by atoms with Gasteiger partial charge in [0, 0.05) is 17.8 Å². The van der Waals surface area contributed by atoms with Crippen molar-refractivity contribution < 1.29 is 14.6 Å². The summed E-state index contributed by atoms with van der Waals surface area (Å²) in [6, 6.07) is 10.6. The van der Waals surface area contributed by atoms with E-state index < -0.39 is 5.97 Å². The van der Waals surface area contributed by atoms with Gasteiger partial charge in [0.15, 0.2) is 11.3 Å². The average Bonchev–Trinajstić information content (AvgIpc) is 2.90. The van der Waals surface area contributed by atoms with E-state index in [1.165, 1.54) is 6.07 Å². The third-order valence-electron chi connectivity index (χ3n) is 2.93. The zero-order valence-electron chi connectivity index (χ0n) is 10.6. The normalized spacial score (nSPS) is 10.7. The lowest BCUT2D eigenvalue weighted by atomic mass is 10.1. The van der Waals surface area contributed by atoms with Crippen LogP contribution < -0.4 is 4.74 Å². The Labute approximate surface area is 114 Å². The minimum Gasteiger partial charge on any atom is -0.497 e. The molecule has 0 amide bonds. The van der Waals surface area contributed by atoms with E-state index >= 15 is 0 Å². The lowest BCUT2D eigenvalue weighted by molar-refractivity contribution is 0.0690. The Morgan fingerprint density at radius 2 is 2.00 bits per heavy atom. The molecule has 20 heavy (non-hydrogen) atoms. The number of aromatic nitrogens is 3. The molecule has 0 bridgehead atoms. The Morgan fingerprint density at radius 3 is 2.65 bits per heavy atom. The summed E-state index contributed by atoms with van der Waals surface area (Å²) in [6.45, 7) is 0. The number of nitrogens with zero attached hydrogens (tertiary/aromatic N) is 3. The van der Waals surface area contributed by atoms with Crippen molar-refractivity contribution in [2.24, 2.45) is 0 Å². The van der Waals surface area contributed by atoms with Gasteiger partial charge in [-0.3, -0.25) is 0 Å². The van der Waals surface area contributed by atoms with Crippen molar-refractivity contribution in [1.82, 2.24) is 14.6 Å². The third kappa shape index (κ3) is 2.07. The van der Waals surface area contributed by atoms with Gasteiger partial charge in [0.2, 0.25) is 0 Å². The number of benzene rings is 1. The van der Waals surface area contributed by atoms with Gasteiger partial charge in [0.05, 0.1) is 12.8 Å². The second-order valence-corrected chi connectivity index (χ2v) is 4.18. The van der Waals surface area contributed by atoms with Crippen molar-refractivity contribution >= 4 is 11.6 Å². The number of hydrogen-bond donors (Lipinski definition) is 1. The molecule has 6 nitrogen and oxygen atoms in total. The first-order chi connectivity index (χ1) is 9.67. The van der Waals surface area contributed by atoms with Crippen LogP contribution in [0.1, 0.15) is 10.5 Å². The quantitative estimate of drug-likeness (QED) is 0.788. The number of fused-ring (bicyclic) bond motifs is 1. The molecule has 0 aliphatic rings. The van der Waals surface area contributed by atoms with Crippen LogP contribution in [-0.4, -0.2) is 32.8 Å². The minimum absolute atomic E-state index is 0.00122. The fourth-order valence-electron chi connectivity index (χ4n) is 1.90. The lowest BCUT2D eigenvalue weighted by Crippen LogP contribution is -2.01. The highest BCUT2D eigenvalue weighted by molar-refractivity contribution is 5.85. The van der Waals surface area contributed by atoms with E-state index in [0.29, 0.717) is 5.65 Å². The smallest absolute Gasteiger partial charge is 0.354 e. The van der Waals surface area contributed by atoms with Crippen LogP contribution in [0.2, 0.25) is 0 Å². The van der Waals surface area contributed by atoms with Crippen molar-refractivity contribution in [3.05, 3.63) is 48.3 Å². The van der Waals surface area contributed by atoms with Gasteiger partial charge in [-0.15, -0.1) is 0 Å². The second-order valence-electron chi connectivity index (χ2n) is 4.18. The Morgan fingerprint density at radius 1 is 1.25 bits per heavy atom. The molecule has 2 heterocycles. The number of carboxylic acids is 1. The number of carboxylic acid groups (broad SMARTS) is 1. The van der Waals surface area contributed by atoms with Crippen molar-refractivity contribution in [1.29, 1.82) is 0 Å². The van der Waals surface area contributed by atoms with Crippen LogP contribution in [0.15, 0.2) is 42.6 Å². The fourth-order valence-corrected chi connectivity index (χ4v) is 1.90. The highest BCUT2D eigenvalue weighted by Crippen LogP contribution is 2.22. The topological polar surface area (TPSA) is 76.7 Å². The van der Waals surface area contributed by atoms with E-state index in [2.05, 4.69) is 10.1 Å². The molecule has 1 aromatic carbocycles. The minimum atomic E-state index is -1.06. The number of aromatic carboxylic acids is 1. The van der Waals surface area contributed by atoms with Gasteiger partial charge in [-0.05, 0) is 30.3 Å². The first-order valence-corrected chi connectivity index (χ1v) is 5.91. The van der Waals surface area contributed by atoms with E-state index in [0.717, 1.165) is 17.0 Å². The molecular formula is C14H11N3O3. The molecule has 0 fully saturated rings. The summed E-state index contributed by atoms with van der Waals surface area (Å²) in [4.78, 5) is 14.9. The summed E-state index contributed by atoms with van der Waals surface area (Å²) >= 11 is 0. The number of carbonyl (C=O) groups is 1. The molecule has 0 unspecified atom stereocenters. The summed E-state index contributed by atoms with van der Waals surface area (Å²) in [6.07, 6.45) is 1.58. The third-order valence-corrected chi connectivity index (χ3v) is 2.93. The van der Waals surface area contributed by atoms with E-state index in [1.807, 2.05) is 24.3 Å². The van der Waals surface area contributed by atoms with Crippen molar-refractivity contribution in [3.8, 4) is 17.0 Å². The molecule has 2 aromatic heterocycles. The van der Waals surface area contributed by atoms with Gasteiger partial charge >= 0.3 is 5.97 Å². The number of hydrogen-bond acceptors (Lipinski definition) is 4. The van der Waals surface area contributed by atoms with Gasteiger partial charge in [-0.2, -0.15) is 5.10 Å². The largest absolute Gasteiger partial charge is 0.497 e. The maximum Gasteiger partial charge on any atom is 0.354 e. The highest BCUT2D eigenvalue weighted by Gasteiger charge is 2.09. The molecule has 3 rings (SSSR count). The predicted octanol–water partition coefficient (Wildman–Crippen LogP) is 2.10. The first-order valence-electron chi connectivity index (χ1n) is 5.91. The maximum absolute atomic E-state index is 10.9. The summed E-state index contributed by atoms with van der Waals surface area (Å²) in [7, 11) is 1.61. The van der Waals surface area contributed by atoms with Crippen LogP contribution in [0.4, 0.5) is 0 Å². The summed E-state index contributed by atoms with van der Waals surface area (Å²) in [5, 5.41) is 13.3. The molecule has 0 aliphatic heterocycles. The Bertz CT molecular complexity index is 778. The molecule has 6 heteroatoms. The van der Waals surface area contributed by atoms with Gasteiger partial charge in [0.1, 0.15) is 5.75 Å².